The molecule has 0 saturated heterocycles. The molecule has 0 aliphatic carbocycles. The summed E-state index contributed by atoms with van der Waals surface area (Å²) in [5, 5.41) is 12.2. The number of carbonyl (C=O) groups is 1. The predicted molar refractivity (Wildman–Crippen MR) is 67.9 cm³/mol. The SMILES string of the molecule is COc1ccc(C(=O)O)c(NCCC(C)C)c1. The zero-order valence-corrected chi connectivity index (χ0v) is 10.5. The molecule has 0 saturated carbocycles. The van der Waals surface area contributed by atoms with Gasteiger partial charge in [-0.25, -0.2) is 4.79 Å². The van der Waals surface area contributed by atoms with Crippen LogP contribution >= 0.6 is 0 Å². The summed E-state index contributed by atoms with van der Waals surface area (Å²) in [6.45, 7) is 5.02. The number of ether oxygens (including phenoxy) is 1. The second kappa shape index (κ2) is 6.13. The number of aromatic carboxylic acids is 1. The molecule has 1 aromatic rings. The molecule has 1 aromatic carbocycles. The zero-order valence-electron chi connectivity index (χ0n) is 10.5. The third-order valence-electron chi connectivity index (χ3n) is 2.49. The Hall–Kier alpha value is -1.71. The highest BCUT2D eigenvalue weighted by atomic mass is 16.5. The molecule has 0 aliphatic rings. The maximum Gasteiger partial charge on any atom is 0.337 e. The molecule has 0 aliphatic heterocycles. The lowest BCUT2D eigenvalue weighted by atomic mass is 10.1. The molecule has 0 unspecified atom stereocenters. The molecule has 0 heterocycles. The molecule has 1 rings (SSSR count). The van der Waals surface area contributed by atoms with Gasteiger partial charge < -0.3 is 15.2 Å². The number of carboxylic acids is 1. The third-order valence-corrected chi connectivity index (χ3v) is 2.49. The highest BCUT2D eigenvalue weighted by Gasteiger charge is 2.10. The molecule has 0 radical (unpaired) electrons. The lowest BCUT2D eigenvalue weighted by Crippen LogP contribution is -2.09. The van der Waals surface area contributed by atoms with Gasteiger partial charge in [0.2, 0.25) is 0 Å². The first-order chi connectivity index (χ1) is 8.04. The molecule has 0 fully saturated rings. The first-order valence-corrected chi connectivity index (χ1v) is 5.69. The number of methoxy groups -OCH3 is 1. The second-order valence-corrected chi connectivity index (χ2v) is 4.33. The van der Waals surface area contributed by atoms with E-state index in [2.05, 4.69) is 19.2 Å². The minimum absolute atomic E-state index is 0.273. The summed E-state index contributed by atoms with van der Waals surface area (Å²) < 4.78 is 5.08. The van der Waals surface area contributed by atoms with Crippen LogP contribution in [-0.4, -0.2) is 24.7 Å². The van der Waals surface area contributed by atoms with Crippen LogP contribution in [0.25, 0.3) is 0 Å². The van der Waals surface area contributed by atoms with Gasteiger partial charge in [-0.05, 0) is 24.5 Å². The number of anilines is 1. The number of carboxylic acid groups (broad SMARTS) is 1. The van der Waals surface area contributed by atoms with Gasteiger partial charge in [0.05, 0.1) is 18.4 Å². The van der Waals surface area contributed by atoms with Crippen LogP contribution in [0.2, 0.25) is 0 Å². The van der Waals surface area contributed by atoms with Crippen molar-refractivity contribution in [1.82, 2.24) is 0 Å². The fraction of sp³-hybridized carbons (Fsp3) is 0.462. The van der Waals surface area contributed by atoms with Crippen molar-refractivity contribution >= 4 is 11.7 Å². The Labute approximate surface area is 102 Å². The lowest BCUT2D eigenvalue weighted by Gasteiger charge is -2.12. The summed E-state index contributed by atoms with van der Waals surface area (Å²) >= 11 is 0. The summed E-state index contributed by atoms with van der Waals surface area (Å²) in [4.78, 5) is 11.0. The number of hydrogen-bond acceptors (Lipinski definition) is 3. The van der Waals surface area contributed by atoms with Crippen molar-refractivity contribution in [3.05, 3.63) is 23.8 Å². The summed E-state index contributed by atoms with van der Waals surface area (Å²) in [5.74, 6) is 0.308. The Balaban J connectivity index is 2.82. The van der Waals surface area contributed by atoms with Gasteiger partial charge in [-0.1, -0.05) is 13.8 Å². The minimum atomic E-state index is -0.931. The average molecular weight is 237 g/mol. The molecule has 17 heavy (non-hydrogen) atoms. The molecule has 4 nitrogen and oxygen atoms in total. The Bertz CT molecular complexity index is 388. The molecular weight excluding hydrogens is 218 g/mol. The maximum absolute atomic E-state index is 11.0. The summed E-state index contributed by atoms with van der Waals surface area (Å²) in [7, 11) is 1.56. The van der Waals surface area contributed by atoms with E-state index in [0.717, 1.165) is 13.0 Å². The Morgan fingerprint density at radius 1 is 1.47 bits per heavy atom. The fourth-order valence-electron chi connectivity index (χ4n) is 1.48. The van der Waals surface area contributed by atoms with E-state index in [1.807, 2.05) is 0 Å². The molecule has 94 valence electrons. The van der Waals surface area contributed by atoms with E-state index in [1.54, 1.807) is 25.3 Å². The molecule has 0 amide bonds. The van der Waals surface area contributed by atoms with Crippen molar-refractivity contribution in [2.75, 3.05) is 19.0 Å². The van der Waals surface area contributed by atoms with E-state index in [-0.39, 0.29) is 5.56 Å². The van der Waals surface area contributed by atoms with E-state index in [0.29, 0.717) is 17.4 Å². The molecular formula is C13H19NO3. The van der Waals surface area contributed by atoms with E-state index in [9.17, 15) is 4.79 Å². The zero-order chi connectivity index (χ0) is 12.8. The Morgan fingerprint density at radius 2 is 2.18 bits per heavy atom. The van der Waals surface area contributed by atoms with E-state index in [4.69, 9.17) is 9.84 Å². The van der Waals surface area contributed by atoms with Crippen molar-refractivity contribution in [2.24, 2.45) is 5.92 Å². The van der Waals surface area contributed by atoms with Crippen molar-refractivity contribution < 1.29 is 14.6 Å². The monoisotopic (exact) mass is 237 g/mol. The lowest BCUT2D eigenvalue weighted by molar-refractivity contribution is 0.0698. The number of hydrogen-bond donors (Lipinski definition) is 2. The normalized spacial score (nSPS) is 10.4. The van der Waals surface area contributed by atoms with Gasteiger partial charge in [-0.2, -0.15) is 0 Å². The first kappa shape index (κ1) is 13.4. The summed E-state index contributed by atoms with van der Waals surface area (Å²) in [6, 6.07) is 4.92. The first-order valence-electron chi connectivity index (χ1n) is 5.69. The summed E-state index contributed by atoms with van der Waals surface area (Å²) in [6.07, 6.45) is 0.996. The molecule has 0 spiro atoms. The van der Waals surface area contributed by atoms with Crippen molar-refractivity contribution in [2.45, 2.75) is 20.3 Å². The van der Waals surface area contributed by atoms with Crippen LogP contribution in [0, 0.1) is 5.92 Å². The average Bonchev–Trinajstić information content (AvgIpc) is 2.28. The second-order valence-electron chi connectivity index (χ2n) is 4.33. The highest BCUT2D eigenvalue weighted by Crippen LogP contribution is 2.22. The molecule has 0 atom stereocenters. The van der Waals surface area contributed by atoms with Gasteiger partial charge in [0, 0.05) is 12.6 Å². The van der Waals surface area contributed by atoms with Crippen molar-refractivity contribution in [1.29, 1.82) is 0 Å². The van der Waals surface area contributed by atoms with Crippen molar-refractivity contribution in [3.8, 4) is 5.75 Å². The predicted octanol–water partition coefficient (Wildman–Crippen LogP) is 2.85. The molecule has 2 N–H and O–H groups in total. The standard InChI is InChI=1S/C13H19NO3/c1-9(2)6-7-14-12-8-10(17-3)4-5-11(12)13(15)16/h4-5,8-9,14H,6-7H2,1-3H3,(H,15,16). The van der Waals surface area contributed by atoms with Crippen molar-refractivity contribution in [3.63, 3.8) is 0 Å². The molecule has 4 heteroatoms. The van der Waals surface area contributed by atoms with E-state index in [1.165, 1.54) is 0 Å². The van der Waals surface area contributed by atoms with Gasteiger partial charge in [0.1, 0.15) is 5.75 Å². The van der Waals surface area contributed by atoms with Gasteiger partial charge in [-0.3, -0.25) is 0 Å². The van der Waals surface area contributed by atoms with Gasteiger partial charge in [-0.15, -0.1) is 0 Å². The van der Waals surface area contributed by atoms with Crippen LogP contribution in [0.4, 0.5) is 5.69 Å². The van der Waals surface area contributed by atoms with Crippen LogP contribution in [0.5, 0.6) is 5.75 Å². The number of rotatable bonds is 6. The van der Waals surface area contributed by atoms with Crippen LogP contribution in [0.1, 0.15) is 30.6 Å². The largest absolute Gasteiger partial charge is 0.497 e. The Kier molecular flexibility index (Phi) is 4.82. The van der Waals surface area contributed by atoms with E-state index < -0.39 is 5.97 Å². The molecule has 0 aromatic heterocycles. The van der Waals surface area contributed by atoms with Gasteiger partial charge >= 0.3 is 5.97 Å². The van der Waals surface area contributed by atoms with Crippen LogP contribution in [-0.2, 0) is 0 Å². The Morgan fingerprint density at radius 3 is 2.71 bits per heavy atom. The number of nitrogens with one attached hydrogen (secondary N) is 1. The smallest absolute Gasteiger partial charge is 0.337 e. The van der Waals surface area contributed by atoms with Crippen LogP contribution in [0.3, 0.4) is 0 Å². The van der Waals surface area contributed by atoms with Crippen LogP contribution in [0.15, 0.2) is 18.2 Å². The molecule has 0 bridgehead atoms. The highest BCUT2D eigenvalue weighted by molar-refractivity contribution is 5.94. The minimum Gasteiger partial charge on any atom is -0.497 e. The fourth-order valence-corrected chi connectivity index (χ4v) is 1.48. The quantitative estimate of drug-likeness (QED) is 0.798. The van der Waals surface area contributed by atoms with E-state index >= 15 is 0 Å². The van der Waals surface area contributed by atoms with Gasteiger partial charge in [0.25, 0.3) is 0 Å². The maximum atomic E-state index is 11.0. The van der Waals surface area contributed by atoms with Gasteiger partial charge in [0.15, 0.2) is 0 Å². The van der Waals surface area contributed by atoms with Crippen LogP contribution < -0.4 is 10.1 Å². The topological polar surface area (TPSA) is 58.6 Å². The summed E-state index contributed by atoms with van der Waals surface area (Å²) in [5.41, 5.74) is 0.882. The number of benzene rings is 1. The third kappa shape index (κ3) is 3.98.